The minimum Gasteiger partial charge on any atom is -0.442 e. The number of carbonyl (C=O) groups is 1. The first-order valence-electron chi connectivity index (χ1n) is 4.38. The number of hydrogen-bond donors (Lipinski definition) is 0. The molecule has 0 unspecified atom stereocenters. The quantitative estimate of drug-likeness (QED) is 0.544. The van der Waals surface area contributed by atoms with Crippen molar-refractivity contribution in [2.45, 2.75) is 47.1 Å². The predicted octanol–water partition coefficient (Wildman–Crippen LogP) is 3.04. The molecule has 1 amide bonds. The zero-order valence-corrected chi connectivity index (χ0v) is 9.34. The smallest absolute Gasteiger partial charge is 0.433 e. The highest BCUT2D eigenvalue weighted by Crippen LogP contribution is 2.11. The van der Waals surface area contributed by atoms with Gasteiger partial charge in [0.15, 0.2) is 0 Å². The molecule has 0 aliphatic carbocycles. The lowest BCUT2D eigenvalue weighted by atomic mass is 9.99. The number of hydrogen-bond acceptors (Lipinski definition) is 2. The fraction of sp³-hybridized carbons (Fsp3) is 0.800. The second-order valence-electron chi connectivity index (χ2n) is 5.10. The van der Waals surface area contributed by atoms with Crippen molar-refractivity contribution < 1.29 is 9.53 Å². The van der Waals surface area contributed by atoms with Gasteiger partial charge in [-0.25, -0.2) is 4.79 Å². The Morgan fingerprint density at radius 1 is 1.15 bits per heavy atom. The van der Waals surface area contributed by atoms with E-state index in [9.17, 15) is 4.79 Å². The van der Waals surface area contributed by atoms with Crippen LogP contribution in [0.2, 0.25) is 0 Å². The Balaban J connectivity index is 4.11. The van der Waals surface area contributed by atoms with Gasteiger partial charge in [0.05, 0.1) is 0 Å². The molecule has 0 spiro atoms. The van der Waals surface area contributed by atoms with Crippen molar-refractivity contribution in [3.63, 3.8) is 0 Å². The van der Waals surface area contributed by atoms with Gasteiger partial charge in [-0.2, -0.15) is 4.99 Å². The molecule has 3 nitrogen and oxygen atoms in total. The molecule has 3 heteroatoms. The van der Waals surface area contributed by atoms with Crippen LogP contribution in [-0.4, -0.2) is 17.9 Å². The predicted molar refractivity (Wildman–Crippen MR) is 54.2 cm³/mol. The van der Waals surface area contributed by atoms with Gasteiger partial charge < -0.3 is 4.74 Å². The normalized spacial score (nSPS) is 13.4. The van der Waals surface area contributed by atoms with Crippen LogP contribution in [0, 0.1) is 5.41 Å². The Morgan fingerprint density at radius 3 is 1.92 bits per heavy atom. The largest absolute Gasteiger partial charge is 0.442 e. The zero-order valence-electron chi connectivity index (χ0n) is 9.34. The Hall–Kier alpha value is -0.860. The van der Waals surface area contributed by atoms with E-state index in [1.807, 2.05) is 41.5 Å². The van der Waals surface area contributed by atoms with E-state index in [0.29, 0.717) is 0 Å². The number of rotatable bonds is 0. The highest BCUT2D eigenvalue weighted by Gasteiger charge is 2.15. The standard InChI is InChI=1S/C10H19NO2/c1-9(2,3)7-11-8(12)13-10(4,5)6/h7H,1-6H3. The Labute approximate surface area is 80.2 Å². The first-order valence-corrected chi connectivity index (χ1v) is 4.38. The van der Waals surface area contributed by atoms with Crippen molar-refractivity contribution in [3.8, 4) is 0 Å². The van der Waals surface area contributed by atoms with E-state index >= 15 is 0 Å². The molecule has 0 atom stereocenters. The number of amides is 1. The maximum atomic E-state index is 11.1. The summed E-state index contributed by atoms with van der Waals surface area (Å²) in [5.41, 5.74) is -0.552. The van der Waals surface area contributed by atoms with Crippen LogP contribution in [0.15, 0.2) is 4.99 Å². The van der Waals surface area contributed by atoms with Crippen molar-refractivity contribution in [1.29, 1.82) is 0 Å². The average molecular weight is 185 g/mol. The van der Waals surface area contributed by atoms with E-state index < -0.39 is 11.7 Å². The minimum absolute atomic E-state index is 0.0864. The molecule has 0 rings (SSSR count). The Kier molecular flexibility index (Phi) is 3.64. The molecule has 0 aliphatic heterocycles. The fourth-order valence-corrected chi connectivity index (χ4v) is 0.535. The summed E-state index contributed by atoms with van der Waals surface area (Å²) < 4.78 is 5.00. The lowest BCUT2D eigenvalue weighted by Crippen LogP contribution is -2.22. The molecule has 13 heavy (non-hydrogen) atoms. The molecule has 0 N–H and O–H groups in total. The van der Waals surface area contributed by atoms with Crippen molar-refractivity contribution in [3.05, 3.63) is 0 Å². The van der Waals surface area contributed by atoms with Crippen LogP contribution in [0.1, 0.15) is 41.5 Å². The third kappa shape index (κ3) is 9.05. The van der Waals surface area contributed by atoms with Gasteiger partial charge in [-0.05, 0) is 26.2 Å². The molecule has 76 valence electrons. The molecule has 0 aromatic heterocycles. The Bertz CT molecular complexity index is 206. The summed E-state index contributed by atoms with van der Waals surface area (Å²) in [4.78, 5) is 14.8. The molecule has 0 saturated heterocycles. The van der Waals surface area contributed by atoms with E-state index in [-0.39, 0.29) is 5.41 Å². The topological polar surface area (TPSA) is 38.7 Å². The van der Waals surface area contributed by atoms with Gasteiger partial charge in [-0.1, -0.05) is 20.8 Å². The summed E-state index contributed by atoms with van der Waals surface area (Å²) in [5.74, 6) is 0. The lowest BCUT2D eigenvalue weighted by molar-refractivity contribution is 0.0604. The molecule has 0 radical (unpaired) electrons. The summed E-state index contributed by atoms with van der Waals surface area (Å²) in [5, 5.41) is 0. The van der Waals surface area contributed by atoms with Crippen LogP contribution in [0.5, 0.6) is 0 Å². The van der Waals surface area contributed by atoms with Gasteiger partial charge in [0.2, 0.25) is 0 Å². The maximum Gasteiger partial charge on any atom is 0.433 e. The first-order chi connectivity index (χ1) is 5.60. The average Bonchev–Trinajstić information content (AvgIpc) is 1.78. The highest BCUT2D eigenvalue weighted by molar-refractivity contribution is 5.81. The molecule has 0 bridgehead atoms. The van der Waals surface area contributed by atoms with Gasteiger partial charge in [-0.15, -0.1) is 0 Å². The molecule has 0 aromatic carbocycles. The lowest BCUT2D eigenvalue weighted by Gasteiger charge is -2.17. The fourth-order valence-electron chi connectivity index (χ4n) is 0.535. The molecule has 0 aliphatic rings. The van der Waals surface area contributed by atoms with Crippen LogP contribution in [-0.2, 0) is 4.74 Å². The summed E-state index contributed by atoms with van der Waals surface area (Å²) in [6.45, 7) is 11.4. The summed E-state index contributed by atoms with van der Waals surface area (Å²) in [6, 6.07) is 0. The highest BCUT2D eigenvalue weighted by atomic mass is 16.6. The third-order valence-electron chi connectivity index (χ3n) is 0.951. The van der Waals surface area contributed by atoms with E-state index in [0.717, 1.165) is 0 Å². The summed E-state index contributed by atoms with van der Waals surface area (Å²) in [7, 11) is 0. The van der Waals surface area contributed by atoms with Crippen molar-refractivity contribution in [2.75, 3.05) is 0 Å². The van der Waals surface area contributed by atoms with Gasteiger partial charge in [0.25, 0.3) is 0 Å². The van der Waals surface area contributed by atoms with Crippen molar-refractivity contribution in [2.24, 2.45) is 10.4 Å². The van der Waals surface area contributed by atoms with Crippen LogP contribution in [0.4, 0.5) is 4.79 Å². The van der Waals surface area contributed by atoms with Crippen LogP contribution in [0.3, 0.4) is 0 Å². The van der Waals surface area contributed by atoms with Gasteiger partial charge in [0, 0.05) is 6.21 Å². The third-order valence-corrected chi connectivity index (χ3v) is 0.951. The second-order valence-corrected chi connectivity index (χ2v) is 5.10. The van der Waals surface area contributed by atoms with E-state index in [2.05, 4.69) is 4.99 Å². The molecule has 0 heterocycles. The molecule has 0 saturated carbocycles. The van der Waals surface area contributed by atoms with Crippen LogP contribution < -0.4 is 0 Å². The van der Waals surface area contributed by atoms with Crippen molar-refractivity contribution >= 4 is 12.3 Å². The number of carbonyl (C=O) groups excluding carboxylic acids is 1. The molecule has 0 aromatic rings. The van der Waals surface area contributed by atoms with E-state index in [1.54, 1.807) is 6.21 Å². The Morgan fingerprint density at radius 2 is 1.62 bits per heavy atom. The first kappa shape index (κ1) is 12.1. The summed E-state index contributed by atoms with van der Waals surface area (Å²) >= 11 is 0. The monoisotopic (exact) mass is 185 g/mol. The second kappa shape index (κ2) is 3.90. The number of nitrogens with zero attached hydrogens (tertiary/aromatic N) is 1. The van der Waals surface area contributed by atoms with Gasteiger partial charge >= 0.3 is 6.09 Å². The number of ether oxygens (including phenoxy) is 1. The van der Waals surface area contributed by atoms with Crippen molar-refractivity contribution in [1.82, 2.24) is 0 Å². The van der Waals surface area contributed by atoms with Gasteiger partial charge in [-0.3, -0.25) is 0 Å². The molecular weight excluding hydrogens is 166 g/mol. The molecular formula is C10H19NO2. The van der Waals surface area contributed by atoms with Gasteiger partial charge in [0.1, 0.15) is 5.60 Å². The van der Waals surface area contributed by atoms with E-state index in [1.165, 1.54) is 0 Å². The minimum atomic E-state index is -0.526. The summed E-state index contributed by atoms with van der Waals surface area (Å²) in [6.07, 6.45) is 1.07. The van der Waals surface area contributed by atoms with E-state index in [4.69, 9.17) is 4.74 Å². The maximum absolute atomic E-state index is 11.1. The SMILES string of the molecule is CC(C)(C)C=NC(=O)OC(C)(C)C. The molecule has 0 fully saturated rings. The van der Waals surface area contributed by atoms with Crippen LogP contribution >= 0.6 is 0 Å². The number of aliphatic imine (C=N–C) groups is 1. The van der Waals surface area contributed by atoms with Crippen LogP contribution in [0.25, 0.3) is 0 Å². The zero-order chi connectivity index (χ0) is 10.7.